The highest BCUT2D eigenvalue weighted by atomic mass is 16.4. The zero-order valence-electron chi connectivity index (χ0n) is 10.6. The molecule has 2 aromatic carbocycles. The molecule has 5 nitrogen and oxygen atoms in total. The Morgan fingerprint density at radius 2 is 1.50 bits per heavy atom. The first-order chi connectivity index (χ1) is 9.59. The average molecular weight is 271 g/mol. The van der Waals surface area contributed by atoms with Gasteiger partial charge in [0.05, 0.1) is 6.54 Å². The molecule has 1 aliphatic heterocycles. The quantitative estimate of drug-likeness (QED) is 0.776. The van der Waals surface area contributed by atoms with Crippen molar-refractivity contribution in [1.29, 1.82) is 0 Å². The summed E-state index contributed by atoms with van der Waals surface area (Å²) >= 11 is 0. The van der Waals surface area contributed by atoms with Gasteiger partial charge in [-0.15, -0.1) is 0 Å². The van der Waals surface area contributed by atoms with Crippen LogP contribution in [0.2, 0.25) is 0 Å². The Labute approximate surface area is 115 Å². The van der Waals surface area contributed by atoms with E-state index >= 15 is 0 Å². The van der Waals surface area contributed by atoms with Crippen molar-refractivity contribution in [2.75, 3.05) is 0 Å². The Hall–Kier alpha value is -2.24. The Bertz CT molecular complexity index is 672. The summed E-state index contributed by atoms with van der Waals surface area (Å²) in [6.07, 6.45) is -3.31. The maximum Gasteiger partial charge on any atom is 0.261 e. The first-order valence-electron chi connectivity index (χ1n) is 6.27. The number of carbonyl (C=O) groups excluding carboxylic acids is 2. The number of fused-ring (bicyclic) bond motifs is 1. The van der Waals surface area contributed by atoms with Gasteiger partial charge >= 0.3 is 0 Å². The van der Waals surface area contributed by atoms with Crippen molar-refractivity contribution < 1.29 is 19.8 Å². The minimum atomic E-state index is -1.66. The van der Waals surface area contributed by atoms with Crippen molar-refractivity contribution in [3.05, 3.63) is 48.0 Å². The zero-order valence-corrected chi connectivity index (χ0v) is 10.6. The summed E-state index contributed by atoms with van der Waals surface area (Å²) in [6, 6.07) is 13.2. The topological polar surface area (TPSA) is 77.8 Å². The number of hydrogen-bond donors (Lipinski definition) is 2. The molecule has 102 valence electrons. The third-order valence-electron chi connectivity index (χ3n) is 3.55. The fourth-order valence-electron chi connectivity index (χ4n) is 2.45. The molecule has 3 rings (SSSR count). The molecule has 1 saturated heterocycles. The van der Waals surface area contributed by atoms with Gasteiger partial charge < -0.3 is 10.2 Å². The Balaban J connectivity index is 1.98. The van der Waals surface area contributed by atoms with Gasteiger partial charge in [-0.05, 0) is 16.3 Å². The molecule has 2 atom stereocenters. The summed E-state index contributed by atoms with van der Waals surface area (Å²) in [5.41, 5.74) is 0.797. The summed E-state index contributed by atoms with van der Waals surface area (Å²) in [6.45, 7) is 0.0487. The third kappa shape index (κ3) is 1.88. The molecule has 0 spiro atoms. The minimum Gasteiger partial charge on any atom is -0.380 e. The highest BCUT2D eigenvalue weighted by molar-refractivity contribution is 6.07. The largest absolute Gasteiger partial charge is 0.380 e. The second-order valence-electron chi connectivity index (χ2n) is 4.79. The number of imide groups is 1. The summed E-state index contributed by atoms with van der Waals surface area (Å²) < 4.78 is 0. The first-order valence-corrected chi connectivity index (χ1v) is 6.27. The van der Waals surface area contributed by atoms with Gasteiger partial charge in [0, 0.05) is 0 Å². The fraction of sp³-hybridized carbons (Fsp3) is 0.200. The molecule has 0 unspecified atom stereocenters. The number of likely N-dealkylation sites (tertiary alicyclic amines) is 1. The zero-order chi connectivity index (χ0) is 14.3. The lowest BCUT2D eigenvalue weighted by Crippen LogP contribution is -2.31. The van der Waals surface area contributed by atoms with Crippen LogP contribution in [0.5, 0.6) is 0 Å². The molecule has 0 saturated carbocycles. The number of nitrogens with zero attached hydrogens (tertiary/aromatic N) is 1. The molecule has 1 fully saturated rings. The van der Waals surface area contributed by atoms with Crippen LogP contribution in [0.3, 0.4) is 0 Å². The van der Waals surface area contributed by atoms with Crippen LogP contribution in [0, 0.1) is 0 Å². The summed E-state index contributed by atoms with van der Waals surface area (Å²) in [5, 5.41) is 20.8. The van der Waals surface area contributed by atoms with Crippen molar-refractivity contribution in [3.63, 3.8) is 0 Å². The Morgan fingerprint density at radius 1 is 0.900 bits per heavy atom. The van der Waals surface area contributed by atoms with Crippen molar-refractivity contribution >= 4 is 22.6 Å². The number of benzene rings is 2. The summed E-state index contributed by atoms with van der Waals surface area (Å²) in [4.78, 5) is 24.4. The van der Waals surface area contributed by atoms with Crippen LogP contribution in [-0.4, -0.2) is 39.1 Å². The van der Waals surface area contributed by atoms with Crippen LogP contribution >= 0.6 is 0 Å². The van der Waals surface area contributed by atoms with Gasteiger partial charge in [-0.1, -0.05) is 42.5 Å². The van der Waals surface area contributed by atoms with Crippen LogP contribution in [0.15, 0.2) is 42.5 Å². The number of carbonyl (C=O) groups is 2. The van der Waals surface area contributed by atoms with Crippen LogP contribution in [-0.2, 0) is 16.1 Å². The van der Waals surface area contributed by atoms with Gasteiger partial charge in [0.2, 0.25) is 0 Å². The highest BCUT2D eigenvalue weighted by Crippen LogP contribution is 2.23. The van der Waals surface area contributed by atoms with E-state index in [4.69, 9.17) is 0 Å². The van der Waals surface area contributed by atoms with E-state index in [1.807, 2.05) is 42.5 Å². The highest BCUT2D eigenvalue weighted by Gasteiger charge is 2.45. The molecule has 20 heavy (non-hydrogen) atoms. The predicted octanol–water partition coefficient (Wildman–Crippen LogP) is 0.430. The summed E-state index contributed by atoms with van der Waals surface area (Å²) in [5.74, 6) is -1.51. The molecule has 1 aliphatic rings. The van der Waals surface area contributed by atoms with E-state index < -0.39 is 24.0 Å². The molecular formula is C15H13NO4. The van der Waals surface area contributed by atoms with Crippen LogP contribution in [0.4, 0.5) is 0 Å². The molecule has 2 aromatic rings. The second kappa shape index (κ2) is 4.70. The normalized spacial score (nSPS) is 22.8. The fourth-order valence-corrected chi connectivity index (χ4v) is 2.45. The maximum absolute atomic E-state index is 11.8. The molecule has 2 N–H and O–H groups in total. The van der Waals surface area contributed by atoms with Gasteiger partial charge in [-0.3, -0.25) is 14.5 Å². The van der Waals surface area contributed by atoms with Crippen LogP contribution in [0.1, 0.15) is 5.56 Å². The molecule has 0 aliphatic carbocycles. The number of aliphatic hydroxyl groups excluding tert-OH is 2. The monoisotopic (exact) mass is 271 g/mol. The van der Waals surface area contributed by atoms with Gasteiger partial charge in [-0.25, -0.2) is 0 Å². The van der Waals surface area contributed by atoms with Crippen molar-refractivity contribution in [2.24, 2.45) is 0 Å². The Morgan fingerprint density at radius 3 is 2.20 bits per heavy atom. The number of amides is 2. The maximum atomic E-state index is 11.8. The van der Waals surface area contributed by atoms with E-state index in [1.165, 1.54) is 0 Å². The minimum absolute atomic E-state index is 0.0487. The molecule has 2 amide bonds. The van der Waals surface area contributed by atoms with E-state index in [9.17, 15) is 19.8 Å². The second-order valence-corrected chi connectivity index (χ2v) is 4.79. The lowest BCUT2D eigenvalue weighted by molar-refractivity contribution is -0.142. The molecular weight excluding hydrogens is 258 g/mol. The van der Waals surface area contributed by atoms with Gasteiger partial charge in [-0.2, -0.15) is 0 Å². The van der Waals surface area contributed by atoms with E-state index in [2.05, 4.69) is 0 Å². The lowest BCUT2D eigenvalue weighted by atomic mass is 10.0. The van der Waals surface area contributed by atoms with Crippen LogP contribution in [0.25, 0.3) is 10.8 Å². The predicted molar refractivity (Wildman–Crippen MR) is 71.5 cm³/mol. The van der Waals surface area contributed by atoms with E-state index in [-0.39, 0.29) is 6.54 Å². The molecule has 0 aromatic heterocycles. The lowest BCUT2D eigenvalue weighted by Gasteiger charge is -2.15. The van der Waals surface area contributed by atoms with Crippen molar-refractivity contribution in [1.82, 2.24) is 4.90 Å². The Kier molecular flexibility index (Phi) is 3.00. The van der Waals surface area contributed by atoms with Crippen molar-refractivity contribution in [3.8, 4) is 0 Å². The first kappa shape index (κ1) is 12.8. The molecule has 5 heteroatoms. The van der Waals surface area contributed by atoms with E-state index in [0.29, 0.717) is 0 Å². The van der Waals surface area contributed by atoms with Crippen molar-refractivity contribution in [2.45, 2.75) is 18.8 Å². The van der Waals surface area contributed by atoms with Gasteiger partial charge in [0.15, 0.2) is 12.2 Å². The number of rotatable bonds is 2. The third-order valence-corrected chi connectivity index (χ3v) is 3.55. The van der Waals surface area contributed by atoms with E-state index in [0.717, 1.165) is 21.2 Å². The standard InChI is InChI=1S/C15H13NO4/c17-12-13(18)15(20)16(14(12)19)8-10-6-3-5-9-4-1-2-7-11(9)10/h1-7,12-13,17-18H,8H2/t12-,13-/m1/s1. The average Bonchev–Trinajstić information content (AvgIpc) is 2.65. The van der Waals surface area contributed by atoms with Gasteiger partial charge in [0.1, 0.15) is 0 Å². The number of aliphatic hydroxyl groups is 2. The molecule has 0 bridgehead atoms. The number of hydrogen-bond acceptors (Lipinski definition) is 4. The molecule has 0 radical (unpaired) electrons. The van der Waals surface area contributed by atoms with Crippen LogP contribution < -0.4 is 0 Å². The SMILES string of the molecule is O=C1[C@H](O)[C@@H](O)C(=O)N1Cc1cccc2ccccc12. The van der Waals surface area contributed by atoms with E-state index in [1.54, 1.807) is 0 Å². The van der Waals surface area contributed by atoms with Gasteiger partial charge in [0.25, 0.3) is 11.8 Å². The molecule has 1 heterocycles. The smallest absolute Gasteiger partial charge is 0.261 e. The summed E-state index contributed by atoms with van der Waals surface area (Å²) in [7, 11) is 0.